The van der Waals surface area contributed by atoms with Crippen molar-refractivity contribution in [2.45, 2.75) is 61.6 Å². The maximum absolute atomic E-state index is 13.7. The highest BCUT2D eigenvalue weighted by Gasteiger charge is 2.56. The fourth-order valence-corrected chi connectivity index (χ4v) is 6.96. The minimum absolute atomic E-state index is 0.0191. The van der Waals surface area contributed by atoms with Crippen LogP contribution in [0.1, 0.15) is 56.3 Å². The number of ether oxygens (including phenoxy) is 1. The van der Waals surface area contributed by atoms with Crippen LogP contribution in [0, 0.1) is 5.41 Å². The van der Waals surface area contributed by atoms with E-state index < -0.39 is 21.5 Å². The van der Waals surface area contributed by atoms with Crippen molar-refractivity contribution in [2.75, 3.05) is 13.1 Å². The van der Waals surface area contributed by atoms with Gasteiger partial charge in [0.2, 0.25) is 0 Å². The molecule has 1 heterocycles. The van der Waals surface area contributed by atoms with Crippen molar-refractivity contribution in [3.8, 4) is 11.5 Å². The van der Waals surface area contributed by atoms with Crippen molar-refractivity contribution in [1.82, 2.24) is 16.1 Å². The Morgan fingerprint density at radius 2 is 1.57 bits per heavy atom. The lowest BCUT2D eigenvalue weighted by molar-refractivity contribution is -0.132. The van der Waals surface area contributed by atoms with Crippen molar-refractivity contribution >= 4 is 22.6 Å². The monoisotopic (exact) mass is 499 g/mol. The average molecular weight is 500 g/mol. The third-order valence-corrected chi connectivity index (χ3v) is 9.01. The van der Waals surface area contributed by atoms with E-state index in [-0.39, 0.29) is 17.4 Å². The van der Waals surface area contributed by atoms with Crippen molar-refractivity contribution in [3.05, 3.63) is 54.1 Å². The summed E-state index contributed by atoms with van der Waals surface area (Å²) in [4.78, 5) is 25.4. The van der Waals surface area contributed by atoms with Gasteiger partial charge in [-0.2, -0.15) is 0 Å². The van der Waals surface area contributed by atoms with Gasteiger partial charge in [0.15, 0.2) is 0 Å². The largest absolute Gasteiger partial charge is 0.457 e. The number of piperidine rings is 1. The summed E-state index contributed by atoms with van der Waals surface area (Å²) in [5.74, 6) is 0.400. The van der Waals surface area contributed by atoms with E-state index in [4.69, 9.17) is 4.74 Å². The Labute approximate surface area is 208 Å². The quantitative estimate of drug-likeness (QED) is 0.342. The van der Waals surface area contributed by atoms with Gasteiger partial charge in [-0.25, -0.2) is 5.48 Å². The van der Waals surface area contributed by atoms with Gasteiger partial charge in [0.05, 0.1) is 10.8 Å². The molecule has 1 saturated carbocycles. The fourth-order valence-electron chi connectivity index (χ4n) is 5.18. The van der Waals surface area contributed by atoms with E-state index in [9.17, 15) is 19.0 Å². The first-order valence-electron chi connectivity index (χ1n) is 12.0. The number of carbonyl (C=O) groups excluding carboxylic acids is 2. The van der Waals surface area contributed by atoms with Crippen LogP contribution in [0.3, 0.4) is 0 Å². The molecule has 1 saturated heterocycles. The molecule has 1 spiro atoms. The number of hydrogen-bond donors (Lipinski definition) is 4. The number of hydroxylamine groups is 1. The third-order valence-electron chi connectivity index (χ3n) is 7.06. The summed E-state index contributed by atoms with van der Waals surface area (Å²) in [7, 11) is -1.64. The summed E-state index contributed by atoms with van der Waals surface area (Å²) >= 11 is 0. The maximum atomic E-state index is 13.7. The lowest BCUT2D eigenvalue weighted by atomic mass is 9.77. The van der Waals surface area contributed by atoms with Gasteiger partial charge in [0.25, 0.3) is 11.8 Å². The smallest absolute Gasteiger partial charge is 0.262 e. The van der Waals surface area contributed by atoms with Crippen molar-refractivity contribution < 1.29 is 23.7 Å². The second-order valence-electron chi connectivity index (χ2n) is 9.86. The van der Waals surface area contributed by atoms with E-state index in [1.54, 1.807) is 54.0 Å². The highest BCUT2D eigenvalue weighted by Crippen LogP contribution is 2.53. The summed E-state index contributed by atoms with van der Waals surface area (Å²) in [5, 5.41) is 15.7. The van der Waals surface area contributed by atoms with Gasteiger partial charge in [-0.15, -0.1) is 0 Å². The van der Waals surface area contributed by atoms with E-state index in [0.717, 1.165) is 32.4 Å². The van der Waals surface area contributed by atoms with Crippen molar-refractivity contribution in [2.24, 2.45) is 5.41 Å². The molecule has 2 aliphatic rings. The lowest BCUT2D eigenvalue weighted by Crippen LogP contribution is -2.48. The van der Waals surface area contributed by atoms with Crippen LogP contribution < -0.4 is 20.9 Å². The zero-order valence-corrected chi connectivity index (χ0v) is 21.0. The fraction of sp³-hybridized carbons (Fsp3) is 0.462. The molecule has 8 nitrogen and oxygen atoms in total. The van der Waals surface area contributed by atoms with Crippen LogP contribution >= 0.6 is 0 Å². The molecule has 2 aromatic rings. The van der Waals surface area contributed by atoms with Gasteiger partial charge in [-0.1, -0.05) is 0 Å². The van der Waals surface area contributed by atoms with Crippen molar-refractivity contribution in [1.29, 1.82) is 0 Å². The van der Waals surface area contributed by atoms with Crippen LogP contribution in [0.25, 0.3) is 0 Å². The van der Waals surface area contributed by atoms with E-state index in [0.29, 0.717) is 34.8 Å². The molecule has 0 aromatic heterocycles. The first kappa shape index (κ1) is 25.3. The zero-order chi connectivity index (χ0) is 25.1. The molecule has 2 amide bonds. The van der Waals surface area contributed by atoms with E-state index in [1.807, 2.05) is 13.8 Å². The zero-order valence-electron chi connectivity index (χ0n) is 20.1. The minimum Gasteiger partial charge on any atom is -0.457 e. The van der Waals surface area contributed by atoms with Gasteiger partial charge >= 0.3 is 0 Å². The number of rotatable bonds is 7. The van der Waals surface area contributed by atoms with Gasteiger partial charge in [-0.3, -0.25) is 19.0 Å². The van der Waals surface area contributed by atoms with Crippen molar-refractivity contribution in [3.63, 3.8) is 0 Å². The number of amides is 2. The molecule has 2 aromatic carbocycles. The molecule has 4 rings (SSSR count). The first-order valence-corrected chi connectivity index (χ1v) is 13.2. The van der Waals surface area contributed by atoms with E-state index in [2.05, 4.69) is 10.6 Å². The lowest BCUT2D eigenvalue weighted by Gasteiger charge is -2.36. The van der Waals surface area contributed by atoms with Gasteiger partial charge in [-0.05, 0) is 113 Å². The summed E-state index contributed by atoms with van der Waals surface area (Å²) in [6, 6.07) is 13.7. The third kappa shape index (κ3) is 5.42. The number of hydrogen-bond acceptors (Lipinski definition) is 6. The first-order chi connectivity index (χ1) is 16.8. The van der Waals surface area contributed by atoms with Crippen LogP contribution in [-0.4, -0.2) is 45.1 Å². The van der Waals surface area contributed by atoms with E-state index >= 15 is 0 Å². The molecule has 188 valence electrons. The minimum atomic E-state index is -1.64. The summed E-state index contributed by atoms with van der Waals surface area (Å²) in [6.45, 7) is 5.59. The Morgan fingerprint density at radius 3 is 2.14 bits per heavy atom. The van der Waals surface area contributed by atoms with Crippen LogP contribution in [0.5, 0.6) is 11.5 Å². The second kappa shape index (κ2) is 10.5. The van der Waals surface area contributed by atoms with Crippen LogP contribution in [-0.2, 0) is 15.6 Å². The van der Waals surface area contributed by atoms with Gasteiger partial charge < -0.3 is 15.4 Å². The molecule has 2 unspecified atom stereocenters. The molecule has 4 N–H and O–H groups in total. The predicted molar refractivity (Wildman–Crippen MR) is 133 cm³/mol. The Hall–Kier alpha value is -2.75. The Morgan fingerprint density at radius 1 is 0.971 bits per heavy atom. The SMILES string of the molecule is CC(C)NC(=O)c1ccc(Oc2ccc(S(=O)C3(C(=O)NO)CCC4(CCNCC4)C3)cc2)cc1. The van der Waals surface area contributed by atoms with Crippen LogP contribution in [0.15, 0.2) is 53.4 Å². The summed E-state index contributed by atoms with van der Waals surface area (Å²) in [5.41, 5.74) is 2.32. The normalized spacial score (nSPS) is 22.1. The Bertz CT molecular complexity index is 1080. The topological polar surface area (TPSA) is 117 Å². The summed E-state index contributed by atoms with van der Waals surface area (Å²) < 4.78 is 18.4. The summed E-state index contributed by atoms with van der Waals surface area (Å²) in [6.07, 6.45) is 3.67. The molecule has 0 radical (unpaired) electrons. The van der Waals surface area contributed by atoms with Gasteiger partial charge in [0.1, 0.15) is 16.2 Å². The predicted octanol–water partition coefficient (Wildman–Crippen LogP) is 3.52. The number of benzene rings is 2. The number of nitrogens with one attached hydrogen (secondary N) is 3. The van der Waals surface area contributed by atoms with Crippen LogP contribution in [0.4, 0.5) is 0 Å². The van der Waals surface area contributed by atoms with E-state index in [1.165, 1.54) is 0 Å². The Balaban J connectivity index is 1.47. The second-order valence-corrected chi connectivity index (χ2v) is 11.6. The van der Waals surface area contributed by atoms with Crippen LogP contribution in [0.2, 0.25) is 0 Å². The molecule has 1 aliphatic heterocycles. The number of carbonyl (C=O) groups is 2. The molecule has 9 heteroatoms. The maximum Gasteiger partial charge on any atom is 0.262 e. The Kier molecular flexibility index (Phi) is 7.59. The standard InChI is InChI=1S/C26H33N3O5S/c1-18(2)28-23(30)19-3-5-20(6-4-19)34-21-7-9-22(10-8-21)35(33)26(24(31)29-32)12-11-25(17-26)13-15-27-16-14-25/h3-10,18,27,32H,11-17H2,1-2H3,(H,28,30)(H,29,31). The molecule has 35 heavy (non-hydrogen) atoms. The highest BCUT2D eigenvalue weighted by atomic mass is 32.2. The molecule has 2 fully saturated rings. The van der Waals surface area contributed by atoms with Gasteiger partial charge in [0, 0.05) is 16.5 Å². The average Bonchev–Trinajstić information content (AvgIpc) is 3.23. The molecular weight excluding hydrogens is 466 g/mol. The molecular formula is C26H33N3O5S. The molecule has 0 bridgehead atoms. The molecule has 2 atom stereocenters. The molecule has 1 aliphatic carbocycles. The highest BCUT2D eigenvalue weighted by molar-refractivity contribution is 7.87.